The van der Waals surface area contributed by atoms with E-state index in [0.29, 0.717) is 11.3 Å². The predicted octanol–water partition coefficient (Wildman–Crippen LogP) is 2.64. The molecule has 2 fully saturated rings. The molecule has 2 rings (SSSR count). The van der Waals surface area contributed by atoms with Crippen molar-refractivity contribution < 1.29 is 4.74 Å². The Balaban J connectivity index is 2.01. The molecule has 1 unspecified atom stereocenters. The summed E-state index contributed by atoms with van der Waals surface area (Å²) in [5, 5.41) is 0. The van der Waals surface area contributed by atoms with Crippen LogP contribution in [0.25, 0.3) is 0 Å². The summed E-state index contributed by atoms with van der Waals surface area (Å²) in [4.78, 5) is 2.70. The molecule has 0 bridgehead atoms. The molecule has 3 heteroatoms. The number of ether oxygens (including phenoxy) is 1. The Morgan fingerprint density at radius 3 is 2.47 bits per heavy atom. The van der Waals surface area contributed by atoms with Gasteiger partial charge in [0, 0.05) is 25.7 Å². The van der Waals surface area contributed by atoms with E-state index in [1.165, 1.54) is 51.6 Å². The first-order valence-corrected chi connectivity index (χ1v) is 7.95. The molecule has 1 saturated heterocycles. The third-order valence-corrected chi connectivity index (χ3v) is 5.51. The minimum atomic E-state index is 0.280. The molecule has 1 aliphatic carbocycles. The van der Waals surface area contributed by atoms with Crippen molar-refractivity contribution in [3.8, 4) is 0 Å². The van der Waals surface area contributed by atoms with Crippen molar-refractivity contribution in [2.75, 3.05) is 33.4 Å². The fraction of sp³-hybridized carbons (Fsp3) is 1.00. The van der Waals surface area contributed by atoms with Gasteiger partial charge in [0.15, 0.2) is 0 Å². The van der Waals surface area contributed by atoms with E-state index in [1.807, 2.05) is 7.11 Å². The highest BCUT2D eigenvalue weighted by atomic mass is 16.5. The SMILES string of the molecule is COCC1CCCN(C2(CN)CCC(C)(C)CC2)C1. The van der Waals surface area contributed by atoms with Gasteiger partial charge in [0.1, 0.15) is 0 Å². The van der Waals surface area contributed by atoms with Gasteiger partial charge >= 0.3 is 0 Å². The van der Waals surface area contributed by atoms with Crippen molar-refractivity contribution in [3.05, 3.63) is 0 Å². The van der Waals surface area contributed by atoms with Gasteiger partial charge in [0.05, 0.1) is 6.61 Å². The summed E-state index contributed by atoms with van der Waals surface area (Å²) < 4.78 is 5.36. The summed E-state index contributed by atoms with van der Waals surface area (Å²) in [6.45, 7) is 8.95. The largest absolute Gasteiger partial charge is 0.384 e. The first-order chi connectivity index (χ1) is 9.01. The van der Waals surface area contributed by atoms with Crippen molar-refractivity contribution in [2.24, 2.45) is 17.1 Å². The predicted molar refractivity (Wildman–Crippen MR) is 80.2 cm³/mol. The normalized spacial score (nSPS) is 31.3. The molecular weight excluding hydrogens is 236 g/mol. The molecule has 0 spiro atoms. The highest BCUT2D eigenvalue weighted by molar-refractivity contribution is 4.99. The monoisotopic (exact) mass is 268 g/mol. The van der Waals surface area contributed by atoms with Crippen molar-refractivity contribution in [3.63, 3.8) is 0 Å². The zero-order chi connectivity index (χ0) is 13.9. The molecule has 1 aliphatic heterocycles. The Bertz CT molecular complexity index is 278. The fourth-order valence-electron chi connectivity index (χ4n) is 3.91. The van der Waals surface area contributed by atoms with E-state index in [9.17, 15) is 0 Å². The second-order valence-corrected chi connectivity index (χ2v) is 7.50. The second-order valence-electron chi connectivity index (χ2n) is 7.50. The van der Waals surface area contributed by atoms with Crippen LogP contribution in [0.2, 0.25) is 0 Å². The number of nitrogens with two attached hydrogens (primary N) is 1. The van der Waals surface area contributed by atoms with Crippen LogP contribution < -0.4 is 5.73 Å². The van der Waals surface area contributed by atoms with Crippen LogP contribution in [0.15, 0.2) is 0 Å². The van der Waals surface area contributed by atoms with Crippen LogP contribution in [0.3, 0.4) is 0 Å². The molecule has 0 amide bonds. The van der Waals surface area contributed by atoms with Gasteiger partial charge in [-0.3, -0.25) is 4.90 Å². The molecule has 0 aromatic carbocycles. The molecule has 0 radical (unpaired) electrons. The van der Waals surface area contributed by atoms with Gasteiger partial charge in [-0.2, -0.15) is 0 Å². The summed E-state index contributed by atoms with van der Waals surface area (Å²) >= 11 is 0. The van der Waals surface area contributed by atoms with E-state index < -0.39 is 0 Å². The van der Waals surface area contributed by atoms with Gasteiger partial charge in [0.2, 0.25) is 0 Å². The van der Waals surface area contributed by atoms with Crippen molar-refractivity contribution in [2.45, 2.75) is 57.9 Å². The summed E-state index contributed by atoms with van der Waals surface area (Å²) in [6, 6.07) is 0. The third-order valence-electron chi connectivity index (χ3n) is 5.51. The van der Waals surface area contributed by atoms with Gasteiger partial charge < -0.3 is 10.5 Å². The van der Waals surface area contributed by atoms with Crippen molar-refractivity contribution in [1.82, 2.24) is 4.90 Å². The summed E-state index contributed by atoms with van der Waals surface area (Å²) in [5.41, 5.74) is 7.00. The molecular formula is C16H32N2O. The first kappa shape index (κ1) is 15.3. The Morgan fingerprint density at radius 2 is 1.89 bits per heavy atom. The Morgan fingerprint density at radius 1 is 1.21 bits per heavy atom. The molecule has 0 aromatic heterocycles. The van der Waals surface area contributed by atoms with E-state index in [1.54, 1.807) is 0 Å². The lowest BCUT2D eigenvalue weighted by molar-refractivity contribution is -0.0166. The molecule has 19 heavy (non-hydrogen) atoms. The van der Waals surface area contributed by atoms with Crippen molar-refractivity contribution >= 4 is 0 Å². The zero-order valence-electron chi connectivity index (χ0n) is 13.1. The Labute approximate surface area is 118 Å². The Kier molecular flexibility index (Phi) is 4.91. The van der Waals surface area contributed by atoms with E-state index in [0.717, 1.165) is 13.2 Å². The van der Waals surface area contributed by atoms with Crippen LogP contribution in [0.5, 0.6) is 0 Å². The van der Waals surface area contributed by atoms with Gasteiger partial charge in [-0.15, -0.1) is 0 Å². The topological polar surface area (TPSA) is 38.5 Å². The second kappa shape index (κ2) is 6.11. The highest BCUT2D eigenvalue weighted by Crippen LogP contribution is 2.43. The van der Waals surface area contributed by atoms with E-state index in [4.69, 9.17) is 10.5 Å². The lowest BCUT2D eigenvalue weighted by Crippen LogP contribution is -2.59. The summed E-state index contributed by atoms with van der Waals surface area (Å²) in [7, 11) is 1.82. The van der Waals surface area contributed by atoms with E-state index in [-0.39, 0.29) is 5.54 Å². The summed E-state index contributed by atoms with van der Waals surface area (Å²) in [6.07, 6.45) is 7.80. The minimum Gasteiger partial charge on any atom is -0.384 e. The van der Waals surface area contributed by atoms with Crippen LogP contribution in [0.4, 0.5) is 0 Å². The zero-order valence-corrected chi connectivity index (χ0v) is 13.1. The summed E-state index contributed by atoms with van der Waals surface area (Å²) in [5.74, 6) is 0.706. The standard InChI is InChI=1S/C16H32N2O/c1-15(2)6-8-16(13-17,9-7-15)18-10-4-5-14(11-18)12-19-3/h14H,4-13,17H2,1-3H3. The number of methoxy groups -OCH3 is 1. The minimum absolute atomic E-state index is 0.280. The average Bonchev–Trinajstić information content (AvgIpc) is 2.40. The lowest BCUT2D eigenvalue weighted by Gasteiger charge is -2.52. The Hall–Kier alpha value is -0.120. The van der Waals surface area contributed by atoms with E-state index >= 15 is 0 Å². The van der Waals surface area contributed by atoms with Crippen LogP contribution >= 0.6 is 0 Å². The molecule has 1 heterocycles. The number of piperidine rings is 1. The molecule has 2 N–H and O–H groups in total. The van der Waals surface area contributed by atoms with Gasteiger partial charge in [-0.05, 0) is 56.4 Å². The van der Waals surface area contributed by atoms with E-state index in [2.05, 4.69) is 18.7 Å². The van der Waals surface area contributed by atoms with Crippen molar-refractivity contribution in [1.29, 1.82) is 0 Å². The highest BCUT2D eigenvalue weighted by Gasteiger charge is 2.42. The average molecular weight is 268 g/mol. The first-order valence-electron chi connectivity index (χ1n) is 7.95. The van der Waals surface area contributed by atoms with Crippen LogP contribution in [-0.2, 0) is 4.74 Å². The van der Waals surface area contributed by atoms with Gasteiger partial charge in [-0.1, -0.05) is 13.8 Å². The maximum Gasteiger partial charge on any atom is 0.0502 e. The molecule has 3 nitrogen and oxygen atoms in total. The number of hydrogen-bond acceptors (Lipinski definition) is 3. The van der Waals surface area contributed by atoms with Crippen LogP contribution in [-0.4, -0.2) is 43.8 Å². The van der Waals surface area contributed by atoms with Gasteiger partial charge in [0.25, 0.3) is 0 Å². The maximum atomic E-state index is 6.20. The van der Waals surface area contributed by atoms with Crippen LogP contribution in [0.1, 0.15) is 52.4 Å². The number of hydrogen-bond donors (Lipinski definition) is 1. The molecule has 112 valence electrons. The third kappa shape index (κ3) is 3.50. The molecule has 0 aromatic rings. The van der Waals surface area contributed by atoms with Gasteiger partial charge in [-0.25, -0.2) is 0 Å². The molecule has 1 saturated carbocycles. The lowest BCUT2D eigenvalue weighted by atomic mass is 9.68. The molecule has 1 atom stereocenters. The molecule has 2 aliphatic rings. The number of likely N-dealkylation sites (tertiary alicyclic amines) is 1. The van der Waals surface area contributed by atoms with Crippen LogP contribution in [0, 0.1) is 11.3 Å². The maximum absolute atomic E-state index is 6.20. The smallest absolute Gasteiger partial charge is 0.0502 e. The number of nitrogens with zero attached hydrogens (tertiary/aromatic N) is 1. The quantitative estimate of drug-likeness (QED) is 0.852. The number of rotatable bonds is 4. The fourth-order valence-corrected chi connectivity index (χ4v) is 3.91.